The molecule has 0 amide bonds. The fourth-order valence-electron chi connectivity index (χ4n) is 6.28. The third kappa shape index (κ3) is 5.06. The number of aryl methyl sites for hydroxylation is 2. The van der Waals surface area contributed by atoms with Gasteiger partial charge in [-0.3, -0.25) is 4.90 Å². The molecule has 3 atom stereocenters. The Morgan fingerprint density at radius 3 is 2.65 bits per heavy atom. The zero-order valence-corrected chi connectivity index (χ0v) is 23.3. The lowest BCUT2D eigenvalue weighted by Crippen LogP contribution is -2.51. The van der Waals surface area contributed by atoms with Crippen LogP contribution in [0.2, 0.25) is 0 Å². The van der Waals surface area contributed by atoms with Crippen molar-refractivity contribution in [2.45, 2.75) is 71.8 Å². The second-order valence-electron chi connectivity index (χ2n) is 11.0. The van der Waals surface area contributed by atoms with E-state index >= 15 is 0 Å². The van der Waals surface area contributed by atoms with E-state index in [0.29, 0.717) is 18.6 Å². The van der Waals surface area contributed by atoms with Crippen molar-refractivity contribution in [1.29, 1.82) is 0 Å². The van der Waals surface area contributed by atoms with Crippen LogP contribution in [0.1, 0.15) is 64.4 Å². The van der Waals surface area contributed by atoms with Crippen molar-refractivity contribution in [3.8, 4) is 11.4 Å². The zero-order chi connectivity index (χ0) is 26.0. The smallest absolute Gasteiger partial charge is 0.167 e. The monoisotopic (exact) mass is 501 g/mol. The summed E-state index contributed by atoms with van der Waals surface area (Å²) in [5.41, 5.74) is 5.25. The third-order valence-electron chi connectivity index (χ3n) is 8.15. The quantitative estimate of drug-likeness (QED) is 0.415. The number of aromatic nitrogens is 3. The summed E-state index contributed by atoms with van der Waals surface area (Å²) in [5.74, 6) is 1.45. The van der Waals surface area contributed by atoms with Crippen LogP contribution in [0.5, 0.6) is 5.75 Å². The maximum absolute atomic E-state index is 6.26. The highest BCUT2D eigenvalue weighted by molar-refractivity contribution is 5.87. The van der Waals surface area contributed by atoms with Gasteiger partial charge in [0.05, 0.1) is 29.1 Å². The van der Waals surface area contributed by atoms with Crippen molar-refractivity contribution in [2.75, 3.05) is 32.8 Å². The molecule has 198 valence electrons. The van der Waals surface area contributed by atoms with E-state index in [9.17, 15) is 0 Å². The molecule has 6 heteroatoms. The van der Waals surface area contributed by atoms with Crippen LogP contribution in [-0.4, -0.2) is 58.5 Å². The van der Waals surface area contributed by atoms with Gasteiger partial charge >= 0.3 is 0 Å². The first-order valence-electron chi connectivity index (χ1n) is 14.3. The number of hydrogen-bond donors (Lipinski definition) is 1. The van der Waals surface area contributed by atoms with Crippen molar-refractivity contribution < 1.29 is 4.74 Å². The summed E-state index contributed by atoms with van der Waals surface area (Å²) < 4.78 is 8.30. The summed E-state index contributed by atoms with van der Waals surface area (Å²) in [6.07, 6.45) is 8.92. The van der Waals surface area contributed by atoms with Crippen molar-refractivity contribution in [3.05, 3.63) is 59.4 Å². The van der Waals surface area contributed by atoms with Gasteiger partial charge in [-0.05, 0) is 49.8 Å². The Balaban J connectivity index is 1.61. The van der Waals surface area contributed by atoms with Crippen LogP contribution >= 0.6 is 0 Å². The number of piperazine rings is 1. The summed E-state index contributed by atoms with van der Waals surface area (Å²) in [4.78, 5) is 7.98. The lowest BCUT2D eigenvalue weighted by Gasteiger charge is -2.43. The molecule has 1 fully saturated rings. The molecule has 3 unspecified atom stereocenters. The highest BCUT2D eigenvalue weighted by Gasteiger charge is 2.37. The number of rotatable bonds is 8. The third-order valence-corrected chi connectivity index (χ3v) is 8.15. The standard InChI is InChI=1S/C31H43N5O/c1-6-10-23-11-9-12-24(19-23)36-30-29(25(7-2)34-36)27(37-8-3)20-28(33-30)31(5)14-13-26(22(4)21-31)35-17-15-32-16-18-35/h9,11-14,19-20,22,26,32H,6-8,10,15-18,21H2,1-5H3. The predicted octanol–water partition coefficient (Wildman–Crippen LogP) is 5.46. The van der Waals surface area contributed by atoms with Gasteiger partial charge in [-0.15, -0.1) is 0 Å². The molecule has 2 aliphatic rings. The molecule has 1 N–H and O–H groups in total. The molecule has 1 saturated heterocycles. The molecule has 6 nitrogen and oxygen atoms in total. The summed E-state index contributed by atoms with van der Waals surface area (Å²) in [5, 5.41) is 9.59. The van der Waals surface area contributed by atoms with Gasteiger partial charge in [0, 0.05) is 43.7 Å². The highest BCUT2D eigenvalue weighted by atomic mass is 16.5. The van der Waals surface area contributed by atoms with Gasteiger partial charge in [0.25, 0.3) is 0 Å². The van der Waals surface area contributed by atoms with Gasteiger partial charge < -0.3 is 10.1 Å². The van der Waals surface area contributed by atoms with Gasteiger partial charge in [-0.25, -0.2) is 9.67 Å². The Morgan fingerprint density at radius 2 is 1.95 bits per heavy atom. The average Bonchev–Trinajstić information content (AvgIpc) is 3.29. The van der Waals surface area contributed by atoms with Gasteiger partial charge in [0.15, 0.2) is 5.65 Å². The van der Waals surface area contributed by atoms with E-state index in [-0.39, 0.29) is 5.41 Å². The van der Waals surface area contributed by atoms with Gasteiger partial charge in [-0.2, -0.15) is 5.10 Å². The van der Waals surface area contributed by atoms with Crippen molar-refractivity contribution in [1.82, 2.24) is 25.0 Å². The number of ether oxygens (including phenoxy) is 1. The lowest BCUT2D eigenvalue weighted by molar-refractivity contribution is 0.141. The van der Waals surface area contributed by atoms with E-state index in [2.05, 4.69) is 87.3 Å². The largest absolute Gasteiger partial charge is 0.493 e. The second-order valence-corrected chi connectivity index (χ2v) is 11.0. The van der Waals surface area contributed by atoms with Gasteiger partial charge in [0.1, 0.15) is 5.75 Å². The minimum atomic E-state index is -0.157. The maximum atomic E-state index is 6.26. The molecule has 37 heavy (non-hydrogen) atoms. The first-order valence-corrected chi connectivity index (χ1v) is 14.3. The fourth-order valence-corrected chi connectivity index (χ4v) is 6.28. The Hall–Kier alpha value is -2.70. The molecular formula is C31H43N5O. The van der Waals surface area contributed by atoms with Crippen LogP contribution in [0, 0.1) is 5.92 Å². The molecular weight excluding hydrogens is 458 g/mol. The fraction of sp³-hybridized carbons (Fsp3) is 0.548. The van der Waals surface area contributed by atoms with Crippen LogP contribution in [0.4, 0.5) is 0 Å². The normalized spacial score (nSPS) is 24.6. The second kappa shape index (κ2) is 11.0. The van der Waals surface area contributed by atoms with Crippen molar-refractivity contribution in [2.24, 2.45) is 5.92 Å². The molecule has 0 spiro atoms. The minimum absolute atomic E-state index is 0.157. The van der Waals surface area contributed by atoms with E-state index < -0.39 is 0 Å². The molecule has 3 aromatic rings. The number of nitrogens with one attached hydrogen (secondary N) is 1. The first kappa shape index (κ1) is 25.9. The summed E-state index contributed by atoms with van der Waals surface area (Å²) >= 11 is 0. The Bertz CT molecular complexity index is 1260. The molecule has 0 bridgehead atoms. The van der Waals surface area contributed by atoms with E-state index in [1.165, 1.54) is 5.56 Å². The Morgan fingerprint density at radius 1 is 1.14 bits per heavy atom. The Labute approximate surface area is 222 Å². The number of fused-ring (bicyclic) bond motifs is 1. The molecule has 0 radical (unpaired) electrons. The molecule has 2 aromatic heterocycles. The molecule has 0 saturated carbocycles. The van der Waals surface area contributed by atoms with E-state index in [1.54, 1.807) is 0 Å². The van der Waals surface area contributed by atoms with Gasteiger partial charge in [-0.1, -0.05) is 58.4 Å². The van der Waals surface area contributed by atoms with E-state index in [0.717, 1.165) is 85.7 Å². The molecule has 5 rings (SSSR count). The van der Waals surface area contributed by atoms with Gasteiger partial charge in [0.2, 0.25) is 0 Å². The van der Waals surface area contributed by atoms with Crippen LogP contribution < -0.4 is 10.1 Å². The summed E-state index contributed by atoms with van der Waals surface area (Å²) in [6, 6.07) is 11.4. The molecule has 1 aromatic carbocycles. The van der Waals surface area contributed by atoms with Crippen molar-refractivity contribution >= 4 is 11.0 Å². The topological polar surface area (TPSA) is 55.2 Å². The zero-order valence-electron chi connectivity index (χ0n) is 23.3. The number of allylic oxidation sites excluding steroid dienone is 1. The highest BCUT2D eigenvalue weighted by Crippen LogP contribution is 2.41. The lowest BCUT2D eigenvalue weighted by atomic mass is 9.71. The Kier molecular flexibility index (Phi) is 7.68. The number of hydrogen-bond acceptors (Lipinski definition) is 5. The average molecular weight is 502 g/mol. The SMILES string of the molecule is CCCc1cccc(-n2nc(CC)c3c(OCC)cc(C4(C)C=CC(N5CCNCC5)C(C)C4)nc32)c1. The first-order chi connectivity index (χ1) is 18.0. The van der Waals surface area contributed by atoms with Crippen LogP contribution in [-0.2, 0) is 18.3 Å². The molecule has 1 aliphatic carbocycles. The minimum Gasteiger partial charge on any atom is -0.493 e. The molecule has 3 heterocycles. The van der Waals surface area contributed by atoms with Crippen LogP contribution in [0.25, 0.3) is 16.7 Å². The molecule has 1 aliphatic heterocycles. The van der Waals surface area contributed by atoms with Crippen molar-refractivity contribution in [3.63, 3.8) is 0 Å². The van der Waals surface area contributed by atoms with E-state index in [1.807, 2.05) is 4.68 Å². The number of pyridine rings is 1. The number of benzene rings is 1. The van der Waals surface area contributed by atoms with Crippen LogP contribution in [0.15, 0.2) is 42.5 Å². The summed E-state index contributed by atoms with van der Waals surface area (Å²) in [7, 11) is 0. The maximum Gasteiger partial charge on any atom is 0.167 e. The summed E-state index contributed by atoms with van der Waals surface area (Å²) in [6.45, 7) is 16.2. The van der Waals surface area contributed by atoms with Crippen LogP contribution in [0.3, 0.4) is 0 Å². The number of nitrogens with zero attached hydrogens (tertiary/aromatic N) is 4. The predicted molar refractivity (Wildman–Crippen MR) is 152 cm³/mol. The van der Waals surface area contributed by atoms with E-state index in [4.69, 9.17) is 14.8 Å².